The van der Waals surface area contributed by atoms with Gasteiger partial charge in [0.1, 0.15) is 0 Å². The Bertz CT molecular complexity index is 339. The van der Waals surface area contributed by atoms with Crippen LogP contribution in [-0.2, 0) is 4.79 Å². The highest BCUT2D eigenvalue weighted by molar-refractivity contribution is 5.86. The van der Waals surface area contributed by atoms with Gasteiger partial charge in [0.25, 0.3) is 0 Å². The standard InChI is InChI=1S/C16H35N5O/c1-8-17-16(18-11-12-19(6)14(4)5)20(7)13-15(22)21(9-2)10-3/h14H,8-13H2,1-7H3,(H,17,18). The van der Waals surface area contributed by atoms with Crippen molar-refractivity contribution in [3.05, 3.63) is 0 Å². The highest BCUT2D eigenvalue weighted by atomic mass is 16.2. The number of aliphatic imine (C=N–C) groups is 1. The summed E-state index contributed by atoms with van der Waals surface area (Å²) in [6.45, 7) is 14.7. The number of rotatable bonds is 9. The summed E-state index contributed by atoms with van der Waals surface area (Å²) < 4.78 is 0. The van der Waals surface area contributed by atoms with Crippen LogP contribution in [0.3, 0.4) is 0 Å². The Morgan fingerprint density at radius 1 is 1.14 bits per heavy atom. The monoisotopic (exact) mass is 313 g/mol. The van der Waals surface area contributed by atoms with Gasteiger partial charge < -0.3 is 20.0 Å². The summed E-state index contributed by atoms with van der Waals surface area (Å²) in [7, 11) is 4.01. The second-order valence-electron chi connectivity index (χ2n) is 5.73. The van der Waals surface area contributed by atoms with Crippen LogP contribution in [0.15, 0.2) is 4.99 Å². The summed E-state index contributed by atoms with van der Waals surface area (Å²) in [6.07, 6.45) is 0. The van der Waals surface area contributed by atoms with Gasteiger partial charge in [0.2, 0.25) is 5.91 Å². The summed E-state index contributed by atoms with van der Waals surface area (Å²) >= 11 is 0. The first-order valence-electron chi connectivity index (χ1n) is 8.34. The van der Waals surface area contributed by atoms with Crippen molar-refractivity contribution in [2.45, 2.75) is 40.7 Å². The second-order valence-corrected chi connectivity index (χ2v) is 5.73. The fraction of sp³-hybridized carbons (Fsp3) is 0.875. The highest BCUT2D eigenvalue weighted by Gasteiger charge is 2.15. The molecule has 0 aromatic heterocycles. The van der Waals surface area contributed by atoms with Crippen molar-refractivity contribution in [1.82, 2.24) is 20.0 Å². The lowest BCUT2D eigenvalue weighted by molar-refractivity contribution is -0.131. The fourth-order valence-corrected chi connectivity index (χ4v) is 2.00. The van der Waals surface area contributed by atoms with Crippen LogP contribution in [0.4, 0.5) is 0 Å². The summed E-state index contributed by atoms with van der Waals surface area (Å²) in [5, 5.41) is 3.25. The zero-order valence-electron chi connectivity index (χ0n) is 15.5. The maximum absolute atomic E-state index is 12.2. The quantitative estimate of drug-likeness (QED) is 0.511. The van der Waals surface area contributed by atoms with Crippen molar-refractivity contribution in [1.29, 1.82) is 0 Å². The van der Waals surface area contributed by atoms with E-state index in [9.17, 15) is 4.79 Å². The lowest BCUT2D eigenvalue weighted by Crippen LogP contribution is -2.46. The molecule has 0 aromatic rings. The molecule has 0 radical (unpaired) electrons. The molecule has 1 N–H and O–H groups in total. The predicted octanol–water partition coefficient (Wildman–Crippen LogP) is 1.09. The lowest BCUT2D eigenvalue weighted by atomic mass is 10.3. The molecule has 0 aliphatic rings. The van der Waals surface area contributed by atoms with Crippen LogP contribution in [0.1, 0.15) is 34.6 Å². The zero-order valence-corrected chi connectivity index (χ0v) is 15.5. The third-order valence-electron chi connectivity index (χ3n) is 3.78. The SMILES string of the molecule is CCNC(=NCCN(C)C(C)C)N(C)CC(=O)N(CC)CC. The van der Waals surface area contributed by atoms with Crippen molar-refractivity contribution in [3.63, 3.8) is 0 Å². The molecule has 1 amide bonds. The molecule has 0 aromatic carbocycles. The van der Waals surface area contributed by atoms with Crippen LogP contribution >= 0.6 is 0 Å². The van der Waals surface area contributed by atoms with E-state index in [2.05, 4.69) is 36.1 Å². The van der Waals surface area contributed by atoms with Gasteiger partial charge >= 0.3 is 0 Å². The Hall–Kier alpha value is -1.30. The molecular formula is C16H35N5O. The van der Waals surface area contributed by atoms with Gasteiger partial charge in [-0.1, -0.05) is 0 Å². The van der Waals surface area contributed by atoms with Gasteiger partial charge in [0.05, 0.1) is 13.1 Å². The van der Waals surface area contributed by atoms with Gasteiger partial charge in [-0.15, -0.1) is 0 Å². The van der Waals surface area contributed by atoms with E-state index < -0.39 is 0 Å². The summed E-state index contributed by atoms with van der Waals surface area (Å²) in [4.78, 5) is 22.8. The van der Waals surface area contributed by atoms with Crippen LogP contribution in [0, 0.1) is 0 Å². The molecule has 22 heavy (non-hydrogen) atoms. The smallest absolute Gasteiger partial charge is 0.242 e. The third-order valence-corrected chi connectivity index (χ3v) is 3.78. The largest absolute Gasteiger partial charge is 0.357 e. The minimum absolute atomic E-state index is 0.136. The number of nitrogens with one attached hydrogen (secondary N) is 1. The van der Waals surface area contributed by atoms with Gasteiger partial charge in [-0.05, 0) is 41.7 Å². The number of hydrogen-bond acceptors (Lipinski definition) is 3. The normalized spacial score (nSPS) is 12.0. The van der Waals surface area contributed by atoms with E-state index in [-0.39, 0.29) is 5.91 Å². The first-order valence-corrected chi connectivity index (χ1v) is 8.34. The Morgan fingerprint density at radius 3 is 2.18 bits per heavy atom. The van der Waals surface area contributed by atoms with Gasteiger partial charge in [-0.25, -0.2) is 0 Å². The van der Waals surface area contributed by atoms with Crippen molar-refractivity contribution in [2.75, 3.05) is 53.4 Å². The van der Waals surface area contributed by atoms with Crippen LogP contribution in [0.25, 0.3) is 0 Å². The van der Waals surface area contributed by atoms with Crippen molar-refractivity contribution < 1.29 is 4.79 Å². The highest BCUT2D eigenvalue weighted by Crippen LogP contribution is 1.96. The molecule has 0 bridgehead atoms. The molecule has 0 rings (SSSR count). The number of guanidine groups is 1. The Balaban J connectivity index is 4.61. The van der Waals surface area contributed by atoms with Gasteiger partial charge in [-0.3, -0.25) is 9.79 Å². The molecule has 0 heterocycles. The van der Waals surface area contributed by atoms with E-state index >= 15 is 0 Å². The number of hydrogen-bond donors (Lipinski definition) is 1. The summed E-state index contributed by atoms with van der Waals surface area (Å²) in [5.41, 5.74) is 0. The van der Waals surface area contributed by atoms with Gasteiger partial charge in [-0.2, -0.15) is 0 Å². The molecule has 6 heteroatoms. The van der Waals surface area contributed by atoms with E-state index in [0.29, 0.717) is 12.6 Å². The average Bonchev–Trinajstić information content (AvgIpc) is 2.47. The molecule has 0 saturated carbocycles. The molecular weight excluding hydrogens is 278 g/mol. The van der Waals surface area contributed by atoms with E-state index in [4.69, 9.17) is 0 Å². The van der Waals surface area contributed by atoms with Crippen molar-refractivity contribution >= 4 is 11.9 Å². The predicted molar refractivity (Wildman–Crippen MR) is 94.3 cm³/mol. The molecule has 0 spiro atoms. The average molecular weight is 313 g/mol. The van der Waals surface area contributed by atoms with Crippen LogP contribution in [0.2, 0.25) is 0 Å². The second kappa shape index (κ2) is 11.3. The summed E-state index contributed by atoms with van der Waals surface area (Å²) in [5.74, 6) is 0.928. The topological polar surface area (TPSA) is 51.2 Å². The van der Waals surface area contributed by atoms with E-state index in [1.165, 1.54) is 0 Å². The maximum Gasteiger partial charge on any atom is 0.242 e. The summed E-state index contributed by atoms with van der Waals surface area (Å²) in [6, 6.07) is 0.514. The van der Waals surface area contributed by atoms with E-state index in [1.54, 1.807) is 0 Å². The van der Waals surface area contributed by atoms with Crippen LogP contribution in [-0.4, -0.2) is 86.0 Å². The Kier molecular flexibility index (Phi) is 10.6. The van der Waals surface area contributed by atoms with Crippen molar-refractivity contribution in [3.8, 4) is 0 Å². The third kappa shape index (κ3) is 7.64. The molecule has 0 aliphatic carbocycles. The molecule has 0 unspecified atom stereocenters. The number of likely N-dealkylation sites (N-methyl/N-ethyl adjacent to an activating group) is 3. The molecule has 130 valence electrons. The molecule has 0 aliphatic heterocycles. The Morgan fingerprint density at radius 2 is 1.73 bits per heavy atom. The minimum Gasteiger partial charge on any atom is -0.357 e. The Labute approximate surface area is 136 Å². The first-order chi connectivity index (χ1) is 10.4. The zero-order chi connectivity index (χ0) is 17.1. The molecule has 0 atom stereocenters. The van der Waals surface area contributed by atoms with E-state index in [0.717, 1.165) is 38.7 Å². The van der Waals surface area contributed by atoms with Crippen LogP contribution < -0.4 is 5.32 Å². The van der Waals surface area contributed by atoms with Crippen LogP contribution in [0.5, 0.6) is 0 Å². The molecule has 6 nitrogen and oxygen atoms in total. The maximum atomic E-state index is 12.2. The van der Waals surface area contributed by atoms with Gasteiger partial charge in [0.15, 0.2) is 5.96 Å². The lowest BCUT2D eigenvalue weighted by Gasteiger charge is -2.26. The number of carbonyl (C=O) groups excluding carboxylic acids is 1. The number of nitrogens with zero attached hydrogens (tertiary/aromatic N) is 4. The number of carbonyl (C=O) groups is 1. The first kappa shape index (κ1) is 20.7. The van der Waals surface area contributed by atoms with Crippen molar-refractivity contribution in [2.24, 2.45) is 4.99 Å². The molecule has 0 saturated heterocycles. The van der Waals surface area contributed by atoms with E-state index in [1.807, 2.05) is 37.6 Å². The van der Waals surface area contributed by atoms with Gasteiger partial charge in [0, 0.05) is 39.3 Å². The number of amides is 1. The fourth-order valence-electron chi connectivity index (χ4n) is 2.00. The molecule has 0 fully saturated rings. The minimum atomic E-state index is 0.136.